The number of hydrogen-bond donors (Lipinski definition) is 2. The van der Waals surface area contributed by atoms with Gasteiger partial charge in [-0.1, -0.05) is 25.0 Å². The van der Waals surface area contributed by atoms with E-state index in [1.165, 1.54) is 19.3 Å². The molecule has 2 amide bonds. The molecule has 2 N–H and O–H groups in total. The van der Waals surface area contributed by atoms with Gasteiger partial charge in [-0.2, -0.15) is 0 Å². The summed E-state index contributed by atoms with van der Waals surface area (Å²) in [5.41, 5.74) is 5.39. The summed E-state index contributed by atoms with van der Waals surface area (Å²) in [7, 11) is 0. The minimum atomic E-state index is -0.0866. The Morgan fingerprint density at radius 3 is 2.52 bits per heavy atom. The van der Waals surface area contributed by atoms with Gasteiger partial charge in [0, 0.05) is 55.2 Å². The highest BCUT2D eigenvalue weighted by atomic mass is 16.5. The van der Waals surface area contributed by atoms with E-state index < -0.39 is 0 Å². The molecular weight excluding hydrogens is 504 g/mol. The van der Waals surface area contributed by atoms with Crippen LogP contribution in [0.1, 0.15) is 81.5 Å². The second-order valence-corrected chi connectivity index (χ2v) is 11.0. The van der Waals surface area contributed by atoms with Crippen molar-refractivity contribution in [3.63, 3.8) is 0 Å². The van der Waals surface area contributed by atoms with Crippen molar-refractivity contribution in [2.75, 3.05) is 44.3 Å². The van der Waals surface area contributed by atoms with Crippen molar-refractivity contribution in [1.82, 2.24) is 15.5 Å². The summed E-state index contributed by atoms with van der Waals surface area (Å²) >= 11 is 0. The third-order valence-corrected chi connectivity index (χ3v) is 8.08. The number of likely N-dealkylation sites (tertiary alicyclic amines) is 1. The molecule has 8 nitrogen and oxygen atoms in total. The number of nitrogens with zero attached hydrogens (tertiary/aromatic N) is 2. The maximum absolute atomic E-state index is 13.9. The van der Waals surface area contributed by atoms with Gasteiger partial charge in [0.2, 0.25) is 6.41 Å². The Kier molecular flexibility index (Phi) is 10.8. The van der Waals surface area contributed by atoms with Gasteiger partial charge < -0.3 is 24.7 Å². The zero-order valence-corrected chi connectivity index (χ0v) is 24.7. The molecule has 0 bridgehead atoms. The van der Waals surface area contributed by atoms with Crippen molar-refractivity contribution in [2.45, 2.75) is 78.8 Å². The van der Waals surface area contributed by atoms with E-state index in [4.69, 9.17) is 9.15 Å². The van der Waals surface area contributed by atoms with Gasteiger partial charge in [0.15, 0.2) is 0 Å². The predicted molar refractivity (Wildman–Crippen MR) is 161 cm³/mol. The van der Waals surface area contributed by atoms with Crippen molar-refractivity contribution in [1.29, 1.82) is 0 Å². The quantitative estimate of drug-likeness (QED) is 0.275. The Labute approximate surface area is 238 Å². The van der Waals surface area contributed by atoms with E-state index in [1.54, 1.807) is 0 Å². The minimum absolute atomic E-state index is 0.0866. The number of nitrogens with one attached hydrogen (secondary N) is 2. The first-order valence-corrected chi connectivity index (χ1v) is 14.9. The molecule has 0 saturated carbocycles. The first-order valence-electron chi connectivity index (χ1n) is 14.9. The van der Waals surface area contributed by atoms with Crippen LogP contribution in [-0.2, 0) is 22.5 Å². The average Bonchev–Trinajstić information content (AvgIpc) is 3.37. The van der Waals surface area contributed by atoms with Crippen molar-refractivity contribution < 1.29 is 18.7 Å². The predicted octanol–water partition coefficient (Wildman–Crippen LogP) is 5.31. The number of furan rings is 1. The maximum atomic E-state index is 13.9. The molecule has 0 radical (unpaired) electrons. The topological polar surface area (TPSA) is 87.1 Å². The van der Waals surface area contributed by atoms with Crippen LogP contribution in [0.4, 0.5) is 5.69 Å². The molecule has 0 spiro atoms. The number of benzene rings is 1. The number of ether oxygens (including phenoxy) is 1. The first-order chi connectivity index (χ1) is 19.4. The maximum Gasteiger partial charge on any atom is 0.252 e. The smallest absolute Gasteiger partial charge is 0.252 e. The molecule has 2 aliphatic rings. The van der Waals surface area contributed by atoms with Crippen LogP contribution in [0, 0.1) is 0 Å². The minimum Gasteiger partial charge on any atom is -0.460 e. The summed E-state index contributed by atoms with van der Waals surface area (Å²) < 4.78 is 12.1. The Morgan fingerprint density at radius 2 is 1.85 bits per heavy atom. The molecule has 4 rings (SSSR count). The number of carbonyl (C=O) groups excluding carboxylic acids is 2. The number of hydrogen-bond acceptors (Lipinski definition) is 6. The van der Waals surface area contributed by atoms with Crippen molar-refractivity contribution in [3.05, 3.63) is 52.4 Å². The van der Waals surface area contributed by atoms with E-state index in [9.17, 15) is 9.59 Å². The van der Waals surface area contributed by atoms with Crippen LogP contribution in [0.5, 0.6) is 0 Å². The molecule has 0 aliphatic carbocycles. The Hall–Kier alpha value is -3.10. The van der Waals surface area contributed by atoms with E-state index in [-0.39, 0.29) is 5.91 Å². The average molecular weight is 551 g/mol. The van der Waals surface area contributed by atoms with Crippen LogP contribution in [-0.4, -0.2) is 62.7 Å². The highest BCUT2D eigenvalue weighted by Crippen LogP contribution is 2.37. The summed E-state index contributed by atoms with van der Waals surface area (Å²) in [5, 5.41) is 6.68. The lowest BCUT2D eigenvalue weighted by Gasteiger charge is -2.37. The third kappa shape index (κ3) is 7.34. The van der Waals surface area contributed by atoms with E-state index in [0.717, 1.165) is 103 Å². The third-order valence-electron chi connectivity index (χ3n) is 8.08. The molecule has 2 aromatic rings. The first kappa shape index (κ1) is 29.9. The SMILES string of the molecule is CCc1c(N(CC)C2CCOCC2)cc2oc(CN3CCCCC3)cc2c1C(=O)NC/C(C)=C/C=C(/C)NC=O. The lowest BCUT2D eigenvalue weighted by Crippen LogP contribution is -2.40. The van der Waals surface area contributed by atoms with Gasteiger partial charge in [-0.15, -0.1) is 0 Å². The molecule has 8 heteroatoms. The Bertz CT molecular complexity index is 1220. The molecular formula is C32H46N4O4. The van der Waals surface area contributed by atoms with Crippen LogP contribution in [0.3, 0.4) is 0 Å². The lowest BCUT2D eigenvalue weighted by atomic mass is 9.95. The highest BCUT2D eigenvalue weighted by Gasteiger charge is 2.28. The van der Waals surface area contributed by atoms with E-state index in [1.807, 2.05) is 26.0 Å². The van der Waals surface area contributed by atoms with Crippen LogP contribution < -0.4 is 15.5 Å². The zero-order valence-electron chi connectivity index (χ0n) is 24.7. The summed E-state index contributed by atoms with van der Waals surface area (Å²) in [6.07, 6.45) is 10.8. The largest absolute Gasteiger partial charge is 0.460 e. The van der Waals surface area contributed by atoms with Gasteiger partial charge in [0.05, 0.1) is 12.1 Å². The highest BCUT2D eigenvalue weighted by molar-refractivity contribution is 6.09. The summed E-state index contributed by atoms with van der Waals surface area (Å²) in [6, 6.07) is 4.63. The number of rotatable bonds is 12. The van der Waals surface area contributed by atoms with E-state index >= 15 is 0 Å². The molecule has 2 saturated heterocycles. The zero-order chi connectivity index (χ0) is 28.5. The van der Waals surface area contributed by atoms with Crippen molar-refractivity contribution in [2.24, 2.45) is 0 Å². The fraction of sp³-hybridized carbons (Fsp3) is 0.562. The van der Waals surface area contributed by atoms with Gasteiger partial charge in [0.1, 0.15) is 11.3 Å². The molecule has 2 fully saturated rings. The molecule has 0 unspecified atom stereocenters. The molecule has 1 aromatic heterocycles. The molecule has 2 aliphatic heterocycles. The second-order valence-electron chi connectivity index (χ2n) is 11.0. The molecule has 0 atom stereocenters. The van der Waals surface area contributed by atoms with Crippen molar-refractivity contribution >= 4 is 29.0 Å². The number of amides is 2. The van der Waals surface area contributed by atoms with Crippen LogP contribution in [0.2, 0.25) is 0 Å². The van der Waals surface area contributed by atoms with Gasteiger partial charge in [0.25, 0.3) is 5.91 Å². The molecule has 218 valence electrons. The molecule has 1 aromatic carbocycles. The number of piperidine rings is 1. The monoisotopic (exact) mass is 550 g/mol. The van der Waals surface area contributed by atoms with Gasteiger partial charge in [-0.3, -0.25) is 14.5 Å². The summed E-state index contributed by atoms with van der Waals surface area (Å²) in [4.78, 5) is 29.5. The van der Waals surface area contributed by atoms with Crippen LogP contribution >= 0.6 is 0 Å². The summed E-state index contributed by atoms with van der Waals surface area (Å²) in [6.45, 7) is 13.9. The lowest BCUT2D eigenvalue weighted by molar-refractivity contribution is -0.108. The van der Waals surface area contributed by atoms with Crippen molar-refractivity contribution in [3.8, 4) is 0 Å². The fourth-order valence-electron chi connectivity index (χ4n) is 5.95. The second kappa shape index (κ2) is 14.5. The number of anilines is 1. The summed E-state index contributed by atoms with van der Waals surface area (Å²) in [5.74, 6) is 0.829. The normalized spacial score (nSPS) is 17.7. The standard InChI is InChI=1S/C32H46N4O4/c1-5-27-29(36(6-2)25-12-16-39-17-13-25)19-30-28(18-26(40-30)21-35-14-8-7-9-15-35)31(27)32(38)33-20-23(3)10-11-24(4)34-22-37/h10-11,18-19,22,25H,5-9,12-17,20-21H2,1-4H3,(H,33,38)(H,34,37)/b23-10+,24-11-. The molecule has 3 heterocycles. The Balaban J connectivity index is 1.70. The Morgan fingerprint density at radius 1 is 1.10 bits per heavy atom. The van der Waals surface area contributed by atoms with Crippen LogP contribution in [0.15, 0.2) is 40.0 Å². The number of allylic oxidation sites excluding steroid dienone is 3. The van der Waals surface area contributed by atoms with E-state index in [2.05, 4.69) is 46.4 Å². The van der Waals surface area contributed by atoms with Crippen LogP contribution in [0.25, 0.3) is 11.0 Å². The van der Waals surface area contributed by atoms with Gasteiger partial charge in [-0.25, -0.2) is 0 Å². The van der Waals surface area contributed by atoms with Gasteiger partial charge in [-0.05, 0) is 83.7 Å². The number of fused-ring (bicyclic) bond motifs is 1. The number of carbonyl (C=O) groups is 2. The van der Waals surface area contributed by atoms with Gasteiger partial charge >= 0.3 is 0 Å². The van der Waals surface area contributed by atoms with E-state index in [0.29, 0.717) is 19.0 Å². The molecule has 40 heavy (non-hydrogen) atoms. The fourth-order valence-corrected chi connectivity index (χ4v) is 5.95.